The molecule has 1 saturated carbocycles. The van der Waals surface area contributed by atoms with Crippen molar-refractivity contribution in [3.05, 3.63) is 78.5 Å². The molecule has 32 heavy (non-hydrogen) atoms. The predicted molar refractivity (Wildman–Crippen MR) is 121 cm³/mol. The number of hydrogen-bond acceptors (Lipinski definition) is 5. The topological polar surface area (TPSA) is 84.7 Å². The number of nitrogens with zero attached hydrogens (tertiary/aromatic N) is 2. The monoisotopic (exact) mass is 433 g/mol. The smallest absolute Gasteiger partial charge is 0.295 e. The molecule has 4 rings (SSSR count). The first-order valence-electron chi connectivity index (χ1n) is 11.0. The van der Waals surface area contributed by atoms with Gasteiger partial charge in [-0.05, 0) is 61.7 Å². The first kappa shape index (κ1) is 21.6. The van der Waals surface area contributed by atoms with Crippen molar-refractivity contribution in [3.63, 3.8) is 0 Å². The Morgan fingerprint density at radius 1 is 1.12 bits per heavy atom. The van der Waals surface area contributed by atoms with Gasteiger partial charge in [0.1, 0.15) is 11.8 Å². The molecule has 0 aliphatic heterocycles. The molecule has 1 aliphatic rings. The highest BCUT2D eigenvalue weighted by Crippen LogP contribution is 2.36. The van der Waals surface area contributed by atoms with Crippen LogP contribution in [-0.4, -0.2) is 29.4 Å². The van der Waals surface area contributed by atoms with Gasteiger partial charge in [-0.1, -0.05) is 25.0 Å². The highest BCUT2D eigenvalue weighted by atomic mass is 16.5. The minimum atomic E-state index is -0.919. The van der Waals surface area contributed by atoms with E-state index in [0.717, 1.165) is 25.7 Å². The number of para-hydroxylation sites is 2. The van der Waals surface area contributed by atoms with Gasteiger partial charge < -0.3 is 14.5 Å². The Morgan fingerprint density at radius 2 is 1.88 bits per heavy atom. The number of anilines is 1. The molecule has 0 radical (unpaired) electrons. The Bertz CT molecular complexity index is 1030. The lowest BCUT2D eigenvalue weighted by atomic mass is 10.0. The summed E-state index contributed by atoms with van der Waals surface area (Å²) in [7, 11) is 0. The summed E-state index contributed by atoms with van der Waals surface area (Å²) in [5.74, 6) is -0.00787. The molecule has 2 heterocycles. The van der Waals surface area contributed by atoms with E-state index >= 15 is 0 Å². The molecule has 1 unspecified atom stereocenters. The van der Waals surface area contributed by atoms with Crippen LogP contribution in [0, 0.1) is 0 Å². The Morgan fingerprint density at radius 3 is 2.56 bits per heavy atom. The Labute approximate surface area is 187 Å². The Hall–Kier alpha value is -3.61. The van der Waals surface area contributed by atoms with Gasteiger partial charge in [0.15, 0.2) is 5.76 Å². The zero-order valence-corrected chi connectivity index (χ0v) is 18.1. The van der Waals surface area contributed by atoms with E-state index in [-0.39, 0.29) is 17.7 Å². The maximum atomic E-state index is 13.7. The molecule has 7 nitrogen and oxygen atoms in total. The van der Waals surface area contributed by atoms with E-state index in [2.05, 4.69) is 10.3 Å². The third-order valence-corrected chi connectivity index (χ3v) is 5.61. The van der Waals surface area contributed by atoms with Gasteiger partial charge in [-0.25, -0.2) is 0 Å². The number of furan rings is 1. The second-order valence-corrected chi connectivity index (χ2v) is 7.73. The quantitative estimate of drug-likeness (QED) is 0.565. The molecule has 1 atom stereocenters. The third kappa shape index (κ3) is 4.66. The summed E-state index contributed by atoms with van der Waals surface area (Å²) >= 11 is 0. The molecule has 0 bridgehead atoms. The maximum Gasteiger partial charge on any atom is 0.295 e. The summed E-state index contributed by atoms with van der Waals surface area (Å²) < 4.78 is 11.2. The molecule has 1 N–H and O–H groups in total. The van der Waals surface area contributed by atoms with Crippen LogP contribution >= 0.6 is 0 Å². The number of pyridine rings is 1. The van der Waals surface area contributed by atoms with Gasteiger partial charge in [-0.2, -0.15) is 0 Å². The van der Waals surface area contributed by atoms with Crippen LogP contribution in [0.4, 0.5) is 5.69 Å². The minimum Gasteiger partial charge on any atom is -0.492 e. The SMILES string of the molecule is CCOc1ccccc1N(C(=O)c1ccco1)C(C(=O)NC1CCCC1)c1ccncc1. The normalized spacial score (nSPS) is 14.7. The lowest BCUT2D eigenvalue weighted by Crippen LogP contribution is -2.46. The first-order valence-corrected chi connectivity index (χ1v) is 11.0. The van der Waals surface area contributed by atoms with E-state index in [1.165, 1.54) is 11.2 Å². The van der Waals surface area contributed by atoms with Crippen molar-refractivity contribution >= 4 is 17.5 Å². The van der Waals surface area contributed by atoms with Crippen molar-refractivity contribution in [1.82, 2.24) is 10.3 Å². The average Bonchev–Trinajstić information content (AvgIpc) is 3.53. The van der Waals surface area contributed by atoms with E-state index < -0.39 is 11.9 Å². The Balaban J connectivity index is 1.82. The van der Waals surface area contributed by atoms with Gasteiger partial charge >= 0.3 is 0 Å². The molecule has 3 aromatic rings. The molecular weight excluding hydrogens is 406 g/mol. The molecular formula is C25H27N3O4. The number of rotatable bonds is 8. The lowest BCUT2D eigenvalue weighted by Gasteiger charge is -2.32. The van der Waals surface area contributed by atoms with Crippen LogP contribution in [0.25, 0.3) is 0 Å². The van der Waals surface area contributed by atoms with Gasteiger partial charge in [0.05, 0.1) is 18.6 Å². The highest BCUT2D eigenvalue weighted by Gasteiger charge is 2.37. The van der Waals surface area contributed by atoms with Crippen molar-refractivity contribution in [2.45, 2.75) is 44.7 Å². The largest absolute Gasteiger partial charge is 0.492 e. The fourth-order valence-electron chi connectivity index (χ4n) is 4.13. The van der Waals surface area contributed by atoms with E-state index in [1.807, 2.05) is 19.1 Å². The summed E-state index contributed by atoms with van der Waals surface area (Å²) in [5, 5.41) is 3.15. The van der Waals surface area contributed by atoms with E-state index in [9.17, 15) is 9.59 Å². The number of carbonyl (C=O) groups excluding carboxylic acids is 2. The number of ether oxygens (including phenoxy) is 1. The number of carbonyl (C=O) groups is 2. The van der Waals surface area contributed by atoms with Crippen LogP contribution in [-0.2, 0) is 4.79 Å². The van der Waals surface area contributed by atoms with E-state index in [4.69, 9.17) is 9.15 Å². The number of hydrogen-bond donors (Lipinski definition) is 1. The zero-order valence-electron chi connectivity index (χ0n) is 18.1. The first-order chi connectivity index (χ1) is 15.7. The number of benzene rings is 1. The van der Waals surface area contributed by atoms with Crippen molar-refractivity contribution in [2.75, 3.05) is 11.5 Å². The van der Waals surface area contributed by atoms with Gasteiger partial charge in [0.25, 0.3) is 5.91 Å². The van der Waals surface area contributed by atoms with Crippen LogP contribution < -0.4 is 15.0 Å². The van der Waals surface area contributed by atoms with Crippen LogP contribution in [0.3, 0.4) is 0 Å². The molecule has 1 aromatic carbocycles. The second-order valence-electron chi connectivity index (χ2n) is 7.73. The van der Waals surface area contributed by atoms with Crippen molar-refractivity contribution < 1.29 is 18.7 Å². The molecule has 1 fully saturated rings. The second kappa shape index (κ2) is 10.1. The molecule has 166 valence electrons. The van der Waals surface area contributed by atoms with E-state index in [0.29, 0.717) is 23.6 Å². The molecule has 1 aliphatic carbocycles. The van der Waals surface area contributed by atoms with Gasteiger partial charge in [-0.15, -0.1) is 0 Å². The summed E-state index contributed by atoms with van der Waals surface area (Å²) in [4.78, 5) is 32.9. The van der Waals surface area contributed by atoms with Crippen LogP contribution in [0.2, 0.25) is 0 Å². The van der Waals surface area contributed by atoms with Gasteiger partial charge in [0, 0.05) is 18.4 Å². The average molecular weight is 434 g/mol. The lowest BCUT2D eigenvalue weighted by molar-refractivity contribution is -0.123. The van der Waals surface area contributed by atoms with Crippen molar-refractivity contribution in [1.29, 1.82) is 0 Å². The van der Waals surface area contributed by atoms with Crippen LogP contribution in [0.5, 0.6) is 5.75 Å². The summed E-state index contributed by atoms with van der Waals surface area (Å²) in [6.07, 6.45) is 8.75. The molecule has 0 spiro atoms. The standard InChI is InChI=1S/C25H27N3O4/c1-2-31-21-11-6-5-10-20(21)28(25(30)22-12-7-17-32-22)23(18-13-15-26-16-14-18)24(29)27-19-8-3-4-9-19/h5-7,10-17,19,23H,2-4,8-9H2,1H3,(H,27,29). The molecule has 2 aromatic heterocycles. The fourth-order valence-corrected chi connectivity index (χ4v) is 4.13. The highest BCUT2D eigenvalue weighted by molar-refractivity contribution is 6.09. The number of nitrogens with one attached hydrogen (secondary N) is 1. The molecule has 0 saturated heterocycles. The van der Waals surface area contributed by atoms with Crippen LogP contribution in [0.15, 0.2) is 71.6 Å². The maximum absolute atomic E-state index is 13.7. The Kier molecular flexibility index (Phi) is 6.84. The summed E-state index contributed by atoms with van der Waals surface area (Å²) in [6, 6.07) is 13.2. The van der Waals surface area contributed by atoms with Crippen molar-refractivity contribution in [3.8, 4) is 5.75 Å². The fraction of sp³-hybridized carbons (Fsp3) is 0.320. The molecule has 7 heteroatoms. The number of aromatic nitrogens is 1. The van der Waals surface area contributed by atoms with Gasteiger partial charge in [0.2, 0.25) is 5.91 Å². The van der Waals surface area contributed by atoms with E-state index in [1.54, 1.807) is 48.8 Å². The zero-order chi connectivity index (χ0) is 22.3. The summed E-state index contributed by atoms with van der Waals surface area (Å²) in [6.45, 7) is 2.30. The van der Waals surface area contributed by atoms with Crippen LogP contribution in [0.1, 0.15) is 54.8 Å². The third-order valence-electron chi connectivity index (χ3n) is 5.61. The minimum absolute atomic E-state index is 0.106. The predicted octanol–water partition coefficient (Wildman–Crippen LogP) is 4.52. The summed E-state index contributed by atoms with van der Waals surface area (Å²) in [5.41, 5.74) is 1.15. The molecule has 2 amide bonds. The van der Waals surface area contributed by atoms with Crippen molar-refractivity contribution in [2.24, 2.45) is 0 Å². The van der Waals surface area contributed by atoms with Gasteiger partial charge in [-0.3, -0.25) is 19.5 Å². The number of amides is 2.